The zero-order valence-electron chi connectivity index (χ0n) is 17.5. The van der Waals surface area contributed by atoms with Gasteiger partial charge in [0.15, 0.2) is 0 Å². The maximum Gasteiger partial charge on any atom is 0.416 e. The highest BCUT2D eigenvalue weighted by Crippen LogP contribution is 2.36. The molecule has 0 unspecified atom stereocenters. The van der Waals surface area contributed by atoms with Crippen LogP contribution < -0.4 is 10.2 Å². The van der Waals surface area contributed by atoms with Crippen molar-refractivity contribution < 1.29 is 27.5 Å². The number of fused-ring (bicyclic) bond motifs is 1. The van der Waals surface area contributed by atoms with Gasteiger partial charge in [-0.3, -0.25) is 4.79 Å². The minimum absolute atomic E-state index is 0.112. The molecular weight excluding hydrogens is 438 g/mol. The van der Waals surface area contributed by atoms with E-state index in [0.29, 0.717) is 36.0 Å². The molecule has 0 saturated heterocycles. The van der Waals surface area contributed by atoms with Crippen molar-refractivity contribution in [3.05, 3.63) is 88.4 Å². The maximum atomic E-state index is 13.8. The number of carbonyl (C=O) groups excluding carboxylic acids is 1. The molecule has 9 heteroatoms. The van der Waals surface area contributed by atoms with Gasteiger partial charge in [-0.15, -0.1) is 0 Å². The molecule has 0 aliphatic carbocycles. The summed E-state index contributed by atoms with van der Waals surface area (Å²) in [6.45, 7) is 0.583. The van der Waals surface area contributed by atoms with E-state index in [0.717, 1.165) is 23.4 Å². The van der Waals surface area contributed by atoms with Crippen molar-refractivity contribution in [2.75, 3.05) is 24.6 Å². The van der Waals surface area contributed by atoms with Crippen LogP contribution in [-0.2, 0) is 19.0 Å². The Morgan fingerprint density at radius 2 is 1.94 bits per heavy atom. The topological polar surface area (TPSA) is 65.5 Å². The standard InChI is InChI=1S/C24H21F4N3O2/c25-18-12-16(11-17(14-18)24(26,27)28)10-15-4-6-29-22(13-15)31-8-5-19-20(2-1-3-21(19)31)23(33)30-7-9-32/h1-4,6,11-14,32H,5,7-10H2,(H,30,33). The van der Waals surface area contributed by atoms with Crippen LogP contribution in [0.15, 0.2) is 54.7 Å². The van der Waals surface area contributed by atoms with Gasteiger partial charge in [-0.2, -0.15) is 13.2 Å². The van der Waals surface area contributed by atoms with Gasteiger partial charge >= 0.3 is 6.18 Å². The van der Waals surface area contributed by atoms with Gasteiger partial charge in [-0.05, 0) is 72.0 Å². The summed E-state index contributed by atoms with van der Waals surface area (Å²) in [6.07, 6.45) is -2.34. The molecule has 1 amide bonds. The summed E-state index contributed by atoms with van der Waals surface area (Å²) in [5.74, 6) is -0.614. The molecule has 0 radical (unpaired) electrons. The second kappa shape index (κ2) is 9.19. The summed E-state index contributed by atoms with van der Waals surface area (Å²) in [6, 6.07) is 11.3. The Balaban J connectivity index is 1.60. The molecule has 1 aliphatic rings. The molecule has 2 aromatic carbocycles. The molecular formula is C24H21F4N3O2. The molecule has 5 nitrogen and oxygen atoms in total. The molecule has 0 spiro atoms. The number of alkyl halides is 3. The molecule has 0 fully saturated rings. The van der Waals surface area contributed by atoms with Crippen molar-refractivity contribution in [3.63, 3.8) is 0 Å². The van der Waals surface area contributed by atoms with Gasteiger partial charge in [-0.25, -0.2) is 9.37 Å². The summed E-state index contributed by atoms with van der Waals surface area (Å²) in [7, 11) is 0. The lowest BCUT2D eigenvalue weighted by Gasteiger charge is -2.19. The Morgan fingerprint density at radius 1 is 1.12 bits per heavy atom. The number of hydrogen-bond donors (Lipinski definition) is 2. The first kappa shape index (κ1) is 22.7. The van der Waals surface area contributed by atoms with E-state index in [1.807, 2.05) is 11.0 Å². The number of anilines is 2. The normalized spacial score (nSPS) is 13.2. The zero-order chi connectivity index (χ0) is 23.6. The number of amides is 1. The predicted molar refractivity (Wildman–Crippen MR) is 115 cm³/mol. The molecule has 1 aliphatic heterocycles. The Kier molecular flexibility index (Phi) is 6.33. The van der Waals surface area contributed by atoms with Crippen LogP contribution in [0.25, 0.3) is 0 Å². The van der Waals surface area contributed by atoms with E-state index in [9.17, 15) is 22.4 Å². The molecule has 3 aromatic rings. The lowest BCUT2D eigenvalue weighted by atomic mass is 10.0. The lowest BCUT2D eigenvalue weighted by molar-refractivity contribution is -0.137. The second-order valence-corrected chi connectivity index (χ2v) is 7.73. The van der Waals surface area contributed by atoms with Crippen LogP contribution in [0.4, 0.5) is 29.1 Å². The summed E-state index contributed by atoms with van der Waals surface area (Å²) in [5, 5.41) is 11.6. The molecule has 33 heavy (non-hydrogen) atoms. The van der Waals surface area contributed by atoms with E-state index in [1.54, 1.807) is 30.5 Å². The molecule has 0 saturated carbocycles. The number of nitrogens with zero attached hydrogens (tertiary/aromatic N) is 2. The van der Waals surface area contributed by atoms with E-state index in [-0.39, 0.29) is 31.0 Å². The van der Waals surface area contributed by atoms with Gasteiger partial charge < -0.3 is 15.3 Å². The van der Waals surface area contributed by atoms with Gasteiger partial charge in [-0.1, -0.05) is 6.07 Å². The number of halogens is 4. The van der Waals surface area contributed by atoms with Crippen LogP contribution in [0.3, 0.4) is 0 Å². The third kappa shape index (κ3) is 4.98. The van der Waals surface area contributed by atoms with Crippen molar-refractivity contribution in [3.8, 4) is 0 Å². The molecule has 172 valence electrons. The first-order valence-electron chi connectivity index (χ1n) is 10.4. The highest BCUT2D eigenvalue weighted by Gasteiger charge is 2.31. The number of aliphatic hydroxyl groups is 1. The fourth-order valence-electron chi connectivity index (χ4n) is 4.02. The fourth-order valence-corrected chi connectivity index (χ4v) is 4.02. The summed E-state index contributed by atoms with van der Waals surface area (Å²) in [4.78, 5) is 18.8. The predicted octanol–water partition coefficient (Wildman–Crippen LogP) is 4.25. The van der Waals surface area contributed by atoms with E-state index >= 15 is 0 Å². The van der Waals surface area contributed by atoms with Crippen LogP contribution in [-0.4, -0.2) is 35.7 Å². The average Bonchev–Trinajstić information content (AvgIpc) is 3.21. The number of aliphatic hydroxyl groups excluding tert-OH is 1. The lowest BCUT2D eigenvalue weighted by Crippen LogP contribution is -2.27. The number of benzene rings is 2. The Morgan fingerprint density at radius 3 is 2.70 bits per heavy atom. The number of nitrogens with one attached hydrogen (secondary N) is 1. The summed E-state index contributed by atoms with van der Waals surface area (Å²) in [5.41, 5.74) is 2.08. The van der Waals surface area contributed by atoms with E-state index in [2.05, 4.69) is 10.3 Å². The van der Waals surface area contributed by atoms with E-state index in [1.165, 1.54) is 0 Å². The first-order chi connectivity index (χ1) is 15.8. The Labute approximate surface area is 187 Å². The van der Waals surface area contributed by atoms with Crippen LogP contribution in [0.2, 0.25) is 0 Å². The monoisotopic (exact) mass is 459 g/mol. The SMILES string of the molecule is O=C(NCCO)c1cccc2c1CCN2c1cc(Cc2cc(F)cc(C(F)(F)F)c2)ccn1. The molecule has 0 bridgehead atoms. The first-order valence-corrected chi connectivity index (χ1v) is 10.4. The molecule has 2 heterocycles. The van der Waals surface area contributed by atoms with Crippen molar-refractivity contribution in [1.29, 1.82) is 0 Å². The Bertz CT molecular complexity index is 1180. The number of aromatic nitrogens is 1. The molecule has 4 rings (SSSR count). The van der Waals surface area contributed by atoms with Crippen molar-refractivity contribution >= 4 is 17.4 Å². The fraction of sp³-hybridized carbons (Fsp3) is 0.250. The van der Waals surface area contributed by atoms with Crippen LogP contribution in [0.5, 0.6) is 0 Å². The van der Waals surface area contributed by atoms with Gasteiger partial charge in [0.2, 0.25) is 0 Å². The maximum absolute atomic E-state index is 13.8. The second-order valence-electron chi connectivity index (χ2n) is 7.73. The third-order valence-corrected chi connectivity index (χ3v) is 5.45. The third-order valence-electron chi connectivity index (χ3n) is 5.45. The van der Waals surface area contributed by atoms with Gasteiger partial charge in [0.05, 0.1) is 12.2 Å². The van der Waals surface area contributed by atoms with Gasteiger partial charge in [0.25, 0.3) is 5.91 Å². The van der Waals surface area contributed by atoms with Gasteiger partial charge in [0, 0.05) is 30.5 Å². The number of rotatable bonds is 6. The smallest absolute Gasteiger partial charge is 0.395 e. The number of hydrogen-bond acceptors (Lipinski definition) is 4. The van der Waals surface area contributed by atoms with Crippen LogP contribution >= 0.6 is 0 Å². The minimum atomic E-state index is -4.62. The molecule has 2 N–H and O–H groups in total. The Hall–Kier alpha value is -3.46. The van der Waals surface area contributed by atoms with E-state index in [4.69, 9.17) is 5.11 Å². The highest BCUT2D eigenvalue weighted by molar-refractivity contribution is 5.98. The van der Waals surface area contributed by atoms with Gasteiger partial charge in [0.1, 0.15) is 11.6 Å². The largest absolute Gasteiger partial charge is 0.416 e. The minimum Gasteiger partial charge on any atom is -0.395 e. The highest BCUT2D eigenvalue weighted by atomic mass is 19.4. The van der Waals surface area contributed by atoms with Crippen molar-refractivity contribution in [1.82, 2.24) is 10.3 Å². The molecule has 1 aromatic heterocycles. The number of carbonyl (C=O) groups is 1. The van der Waals surface area contributed by atoms with Crippen molar-refractivity contribution in [2.24, 2.45) is 0 Å². The van der Waals surface area contributed by atoms with Crippen LogP contribution in [0.1, 0.15) is 32.6 Å². The van der Waals surface area contributed by atoms with Crippen molar-refractivity contribution in [2.45, 2.75) is 19.0 Å². The summed E-state index contributed by atoms with van der Waals surface area (Å²) < 4.78 is 52.9. The molecule has 0 atom stereocenters. The zero-order valence-corrected chi connectivity index (χ0v) is 17.5. The summed E-state index contributed by atoms with van der Waals surface area (Å²) >= 11 is 0. The van der Waals surface area contributed by atoms with E-state index < -0.39 is 17.6 Å². The number of pyridine rings is 1. The quantitative estimate of drug-likeness (QED) is 0.541. The van der Waals surface area contributed by atoms with Crippen LogP contribution in [0, 0.1) is 5.82 Å². The average molecular weight is 459 g/mol.